The van der Waals surface area contributed by atoms with Crippen LogP contribution in [0.2, 0.25) is 5.02 Å². The molecule has 2 rings (SSSR count). The first-order chi connectivity index (χ1) is 7.18. The number of piperazine rings is 1. The summed E-state index contributed by atoms with van der Waals surface area (Å²) in [5, 5.41) is 5.72. The van der Waals surface area contributed by atoms with Crippen molar-refractivity contribution in [1.82, 2.24) is 10.2 Å². The van der Waals surface area contributed by atoms with Gasteiger partial charge in [0.15, 0.2) is 0 Å². The predicted molar refractivity (Wildman–Crippen MR) is 62.7 cm³/mol. The van der Waals surface area contributed by atoms with E-state index in [1.165, 1.54) is 11.3 Å². The van der Waals surface area contributed by atoms with Crippen molar-refractivity contribution in [2.45, 2.75) is 13.0 Å². The zero-order valence-electron chi connectivity index (χ0n) is 8.50. The number of rotatable bonds is 1. The Morgan fingerprint density at radius 2 is 2.53 bits per heavy atom. The Hall–Kier alpha value is -0.580. The van der Waals surface area contributed by atoms with Crippen LogP contribution in [-0.2, 0) is 0 Å². The van der Waals surface area contributed by atoms with Gasteiger partial charge in [0, 0.05) is 25.7 Å². The van der Waals surface area contributed by atoms with Crippen LogP contribution in [0.3, 0.4) is 0 Å². The van der Waals surface area contributed by atoms with Crippen LogP contribution in [0.4, 0.5) is 0 Å². The van der Waals surface area contributed by atoms with Gasteiger partial charge in [-0.05, 0) is 18.4 Å². The Labute approximate surface area is 98.0 Å². The number of carbonyl (C=O) groups is 1. The summed E-state index contributed by atoms with van der Waals surface area (Å²) in [7, 11) is 0. The molecule has 0 spiro atoms. The minimum Gasteiger partial charge on any atom is -0.335 e. The minimum atomic E-state index is 0.0587. The van der Waals surface area contributed by atoms with Gasteiger partial charge in [0.05, 0.1) is 5.02 Å². The Balaban J connectivity index is 2.11. The summed E-state index contributed by atoms with van der Waals surface area (Å²) in [5.41, 5.74) is 0. The van der Waals surface area contributed by atoms with E-state index in [2.05, 4.69) is 12.2 Å². The molecule has 82 valence electrons. The van der Waals surface area contributed by atoms with Gasteiger partial charge in [0.1, 0.15) is 4.88 Å². The highest BCUT2D eigenvalue weighted by Crippen LogP contribution is 2.23. The largest absolute Gasteiger partial charge is 0.335 e. The molecule has 1 fully saturated rings. The fourth-order valence-electron chi connectivity index (χ4n) is 1.71. The normalized spacial score (nSPS) is 21.7. The highest BCUT2D eigenvalue weighted by molar-refractivity contribution is 7.12. The third kappa shape index (κ3) is 2.33. The van der Waals surface area contributed by atoms with Gasteiger partial charge in [-0.3, -0.25) is 4.79 Å². The fourth-order valence-corrected chi connectivity index (χ4v) is 2.81. The highest BCUT2D eigenvalue weighted by atomic mass is 35.5. The maximum atomic E-state index is 12.1. The van der Waals surface area contributed by atoms with Gasteiger partial charge >= 0.3 is 0 Å². The van der Waals surface area contributed by atoms with Crippen LogP contribution in [0, 0.1) is 0 Å². The molecule has 0 radical (unpaired) electrons. The van der Waals surface area contributed by atoms with Crippen LogP contribution >= 0.6 is 22.9 Å². The Morgan fingerprint density at radius 3 is 3.13 bits per heavy atom. The van der Waals surface area contributed by atoms with Crippen molar-refractivity contribution in [1.29, 1.82) is 0 Å². The van der Waals surface area contributed by atoms with Crippen molar-refractivity contribution in [2.24, 2.45) is 0 Å². The number of thiophene rings is 1. The van der Waals surface area contributed by atoms with Gasteiger partial charge in [-0.2, -0.15) is 0 Å². The van der Waals surface area contributed by atoms with E-state index >= 15 is 0 Å². The molecule has 0 bridgehead atoms. The van der Waals surface area contributed by atoms with E-state index in [0.717, 1.165) is 19.6 Å². The summed E-state index contributed by atoms with van der Waals surface area (Å²) in [6, 6.07) is 2.13. The molecular weight excluding hydrogens is 232 g/mol. The standard InChI is InChI=1S/C10H13ClN2OS/c1-7-6-13(4-3-12-7)10(14)9-8(11)2-5-15-9/h2,5,7,12H,3-4,6H2,1H3. The van der Waals surface area contributed by atoms with Gasteiger partial charge in [-0.1, -0.05) is 11.6 Å². The number of carbonyl (C=O) groups excluding carboxylic acids is 1. The zero-order valence-corrected chi connectivity index (χ0v) is 10.1. The molecule has 1 aromatic rings. The molecular formula is C10H13ClN2OS. The lowest BCUT2D eigenvalue weighted by molar-refractivity contribution is 0.0714. The maximum Gasteiger partial charge on any atom is 0.265 e. The highest BCUT2D eigenvalue weighted by Gasteiger charge is 2.23. The van der Waals surface area contributed by atoms with Gasteiger partial charge in [-0.15, -0.1) is 11.3 Å². The second-order valence-electron chi connectivity index (χ2n) is 3.70. The van der Waals surface area contributed by atoms with Gasteiger partial charge in [-0.25, -0.2) is 0 Å². The maximum absolute atomic E-state index is 12.1. The summed E-state index contributed by atoms with van der Waals surface area (Å²) in [6.07, 6.45) is 0. The van der Waals surface area contributed by atoms with E-state index in [1.54, 1.807) is 6.07 Å². The van der Waals surface area contributed by atoms with Crippen molar-refractivity contribution in [3.8, 4) is 0 Å². The van der Waals surface area contributed by atoms with Gasteiger partial charge in [0.2, 0.25) is 0 Å². The average Bonchev–Trinajstić information content (AvgIpc) is 2.63. The molecule has 0 aliphatic carbocycles. The van der Waals surface area contributed by atoms with Gasteiger partial charge < -0.3 is 10.2 Å². The molecule has 1 saturated heterocycles. The molecule has 1 aromatic heterocycles. The first-order valence-electron chi connectivity index (χ1n) is 4.94. The minimum absolute atomic E-state index is 0.0587. The van der Waals surface area contributed by atoms with Crippen LogP contribution in [0.1, 0.15) is 16.6 Å². The summed E-state index contributed by atoms with van der Waals surface area (Å²) >= 11 is 7.35. The van der Waals surface area contributed by atoms with E-state index in [-0.39, 0.29) is 5.91 Å². The first kappa shape index (κ1) is 10.9. The lowest BCUT2D eigenvalue weighted by atomic mass is 10.2. The fraction of sp³-hybridized carbons (Fsp3) is 0.500. The third-order valence-electron chi connectivity index (χ3n) is 2.47. The number of nitrogens with one attached hydrogen (secondary N) is 1. The molecule has 1 N–H and O–H groups in total. The number of halogens is 1. The molecule has 0 saturated carbocycles. The Kier molecular flexibility index (Phi) is 3.29. The number of nitrogens with zero attached hydrogens (tertiary/aromatic N) is 1. The molecule has 15 heavy (non-hydrogen) atoms. The van der Waals surface area contributed by atoms with Crippen molar-refractivity contribution >= 4 is 28.8 Å². The second kappa shape index (κ2) is 4.51. The molecule has 0 aromatic carbocycles. The van der Waals surface area contributed by atoms with E-state index in [1.807, 2.05) is 10.3 Å². The Bertz CT molecular complexity index is 366. The van der Waals surface area contributed by atoms with Gasteiger partial charge in [0.25, 0.3) is 5.91 Å². The van der Waals surface area contributed by atoms with E-state index in [9.17, 15) is 4.79 Å². The van der Waals surface area contributed by atoms with Crippen molar-refractivity contribution in [2.75, 3.05) is 19.6 Å². The molecule has 1 unspecified atom stereocenters. The quantitative estimate of drug-likeness (QED) is 0.818. The monoisotopic (exact) mass is 244 g/mol. The topological polar surface area (TPSA) is 32.3 Å². The van der Waals surface area contributed by atoms with E-state index < -0.39 is 0 Å². The van der Waals surface area contributed by atoms with Crippen LogP contribution < -0.4 is 5.32 Å². The van der Waals surface area contributed by atoms with Crippen LogP contribution in [-0.4, -0.2) is 36.5 Å². The first-order valence-corrected chi connectivity index (χ1v) is 6.20. The van der Waals surface area contributed by atoms with Crippen molar-refractivity contribution in [3.63, 3.8) is 0 Å². The molecule has 2 heterocycles. The van der Waals surface area contributed by atoms with Crippen LogP contribution in [0.5, 0.6) is 0 Å². The Morgan fingerprint density at radius 1 is 1.73 bits per heavy atom. The predicted octanol–water partition coefficient (Wildman–Crippen LogP) is 1.84. The van der Waals surface area contributed by atoms with Crippen molar-refractivity contribution in [3.05, 3.63) is 21.3 Å². The third-order valence-corrected chi connectivity index (χ3v) is 3.80. The summed E-state index contributed by atoms with van der Waals surface area (Å²) in [5.74, 6) is 0.0587. The summed E-state index contributed by atoms with van der Waals surface area (Å²) in [4.78, 5) is 14.6. The number of hydrogen-bond donors (Lipinski definition) is 1. The lowest BCUT2D eigenvalue weighted by Crippen LogP contribution is -2.51. The number of hydrogen-bond acceptors (Lipinski definition) is 3. The smallest absolute Gasteiger partial charge is 0.265 e. The molecule has 5 heteroatoms. The summed E-state index contributed by atoms with van der Waals surface area (Å²) < 4.78 is 0. The summed E-state index contributed by atoms with van der Waals surface area (Å²) in [6.45, 7) is 4.45. The number of amides is 1. The van der Waals surface area contributed by atoms with Crippen LogP contribution in [0.25, 0.3) is 0 Å². The average molecular weight is 245 g/mol. The molecule has 1 aliphatic heterocycles. The molecule has 1 aliphatic rings. The van der Waals surface area contributed by atoms with E-state index in [4.69, 9.17) is 11.6 Å². The zero-order chi connectivity index (χ0) is 10.8. The van der Waals surface area contributed by atoms with E-state index in [0.29, 0.717) is 15.9 Å². The lowest BCUT2D eigenvalue weighted by Gasteiger charge is -2.31. The molecule has 1 atom stereocenters. The van der Waals surface area contributed by atoms with Crippen LogP contribution in [0.15, 0.2) is 11.4 Å². The van der Waals surface area contributed by atoms with Crippen molar-refractivity contribution < 1.29 is 4.79 Å². The molecule has 3 nitrogen and oxygen atoms in total. The second-order valence-corrected chi connectivity index (χ2v) is 5.03. The SMILES string of the molecule is CC1CN(C(=O)c2sccc2Cl)CCN1. The molecule has 1 amide bonds.